The third kappa shape index (κ3) is 2.30. The Hall–Kier alpha value is -1.42. The van der Waals surface area contributed by atoms with E-state index in [1.165, 1.54) is 23.6 Å². The van der Waals surface area contributed by atoms with E-state index in [1.807, 2.05) is 6.08 Å². The number of rotatable bonds is 1. The molecule has 4 aliphatic carbocycles. The molecule has 2 unspecified atom stereocenters. The molecule has 0 amide bonds. The number of ether oxygens (including phenoxy) is 1. The Morgan fingerprint density at radius 3 is 2.79 bits per heavy atom. The first-order valence-electron chi connectivity index (χ1n) is 9.24. The van der Waals surface area contributed by atoms with Gasteiger partial charge in [-0.2, -0.15) is 0 Å². The molecule has 4 nitrogen and oxygen atoms in total. The summed E-state index contributed by atoms with van der Waals surface area (Å²) in [6.07, 6.45) is 9.11. The van der Waals surface area contributed by atoms with Gasteiger partial charge in [0.15, 0.2) is 5.78 Å². The molecule has 0 spiro atoms. The van der Waals surface area contributed by atoms with Gasteiger partial charge in [0.1, 0.15) is 6.10 Å². The van der Waals surface area contributed by atoms with Crippen molar-refractivity contribution in [3.8, 4) is 0 Å². The molecule has 4 rings (SSSR count). The molecule has 130 valence electrons. The first kappa shape index (κ1) is 16.1. The second kappa shape index (κ2) is 5.29. The van der Waals surface area contributed by atoms with E-state index in [-0.39, 0.29) is 28.8 Å². The van der Waals surface area contributed by atoms with E-state index in [2.05, 4.69) is 6.92 Å². The first-order chi connectivity index (χ1) is 11.3. The summed E-state index contributed by atoms with van der Waals surface area (Å²) in [5.74, 6) is 0.396. The summed E-state index contributed by atoms with van der Waals surface area (Å²) in [4.78, 5) is 23.2. The van der Waals surface area contributed by atoms with Gasteiger partial charge in [0, 0.05) is 31.2 Å². The maximum Gasteiger partial charge on any atom is 0.302 e. The number of fused-ring (bicyclic) bond motifs is 4. The van der Waals surface area contributed by atoms with Crippen molar-refractivity contribution in [3.63, 3.8) is 0 Å². The topological polar surface area (TPSA) is 69.4 Å². The number of hydrogen-bond donors (Lipinski definition) is 1. The van der Waals surface area contributed by atoms with E-state index in [0.717, 1.165) is 44.9 Å². The fourth-order valence-electron chi connectivity index (χ4n) is 5.87. The molecule has 0 radical (unpaired) electrons. The first-order valence-corrected chi connectivity index (χ1v) is 9.24. The minimum absolute atomic E-state index is 0.00206. The summed E-state index contributed by atoms with van der Waals surface area (Å²) < 4.78 is 5.53. The maximum atomic E-state index is 11.8. The molecule has 4 atom stereocenters. The van der Waals surface area contributed by atoms with Crippen molar-refractivity contribution in [3.05, 3.63) is 22.8 Å². The highest BCUT2D eigenvalue weighted by Gasteiger charge is 2.54. The lowest BCUT2D eigenvalue weighted by molar-refractivity contribution is -0.146. The largest absolute Gasteiger partial charge is 0.462 e. The van der Waals surface area contributed by atoms with Gasteiger partial charge in [-0.25, -0.2) is 0 Å². The van der Waals surface area contributed by atoms with Crippen LogP contribution in [0.1, 0.15) is 65.2 Å². The summed E-state index contributed by atoms with van der Waals surface area (Å²) in [5, 5.41) is 0. The average Bonchev–Trinajstić information content (AvgIpc) is 2.82. The molecule has 24 heavy (non-hydrogen) atoms. The van der Waals surface area contributed by atoms with E-state index in [1.54, 1.807) is 0 Å². The SMILES string of the molecule is CC(=O)O[C@@H]1CC2=C3CCC4=CC(=O)CCC4[C@@]3(N)CCC2(C)C1. The molecular formula is C20H27NO3. The Morgan fingerprint density at radius 2 is 2.04 bits per heavy atom. The van der Waals surface area contributed by atoms with Crippen LogP contribution in [0.3, 0.4) is 0 Å². The van der Waals surface area contributed by atoms with Gasteiger partial charge in [-0.05, 0) is 55.6 Å². The van der Waals surface area contributed by atoms with Crippen LogP contribution in [0, 0.1) is 11.3 Å². The maximum absolute atomic E-state index is 11.8. The lowest BCUT2D eigenvalue weighted by Gasteiger charge is -2.52. The molecule has 2 N–H and O–H groups in total. The Bertz CT molecular complexity index is 676. The fourth-order valence-corrected chi connectivity index (χ4v) is 5.87. The molecule has 4 aliphatic rings. The Balaban J connectivity index is 1.72. The highest BCUT2D eigenvalue weighted by atomic mass is 16.5. The molecular weight excluding hydrogens is 302 g/mol. The molecule has 2 fully saturated rings. The third-order valence-corrected chi connectivity index (χ3v) is 6.95. The van der Waals surface area contributed by atoms with Gasteiger partial charge < -0.3 is 10.5 Å². The Labute approximate surface area is 143 Å². The van der Waals surface area contributed by atoms with E-state index >= 15 is 0 Å². The van der Waals surface area contributed by atoms with E-state index in [0.29, 0.717) is 12.3 Å². The standard InChI is InChI=1S/C20H27NO3/c1-12(22)24-15-10-18-17-5-3-13-9-14(23)4-6-16(13)20(17,21)8-7-19(18,2)11-15/h9,15-16H,3-8,10-11,21H2,1-2H3/t15-,16?,19?,20+/m1/s1. The molecule has 0 saturated heterocycles. The number of ketones is 1. The minimum Gasteiger partial charge on any atom is -0.462 e. The molecule has 0 bridgehead atoms. The van der Waals surface area contributed by atoms with E-state index < -0.39 is 0 Å². The van der Waals surface area contributed by atoms with Gasteiger partial charge in [0.2, 0.25) is 0 Å². The summed E-state index contributed by atoms with van der Waals surface area (Å²) in [6, 6.07) is 0. The number of allylic oxidation sites excluding steroid dienone is 1. The normalized spacial score (nSPS) is 41.3. The summed E-state index contributed by atoms with van der Waals surface area (Å²) >= 11 is 0. The molecule has 0 aromatic heterocycles. The van der Waals surface area contributed by atoms with Crippen molar-refractivity contribution >= 4 is 11.8 Å². The number of hydrogen-bond acceptors (Lipinski definition) is 4. The number of carbonyl (C=O) groups excluding carboxylic acids is 2. The van der Waals surface area contributed by atoms with Crippen LogP contribution in [0.4, 0.5) is 0 Å². The zero-order valence-corrected chi connectivity index (χ0v) is 14.7. The van der Waals surface area contributed by atoms with Gasteiger partial charge in [-0.15, -0.1) is 0 Å². The van der Waals surface area contributed by atoms with Crippen LogP contribution < -0.4 is 5.73 Å². The quantitative estimate of drug-likeness (QED) is 0.592. The monoisotopic (exact) mass is 329 g/mol. The van der Waals surface area contributed by atoms with Crippen molar-refractivity contribution in [2.75, 3.05) is 0 Å². The zero-order valence-electron chi connectivity index (χ0n) is 14.7. The van der Waals surface area contributed by atoms with Crippen LogP contribution in [-0.2, 0) is 14.3 Å². The Morgan fingerprint density at radius 1 is 1.25 bits per heavy atom. The number of carbonyl (C=O) groups is 2. The highest BCUT2D eigenvalue weighted by Crippen LogP contribution is 2.59. The van der Waals surface area contributed by atoms with Crippen LogP contribution in [0.5, 0.6) is 0 Å². The lowest BCUT2D eigenvalue weighted by Crippen LogP contribution is -2.56. The van der Waals surface area contributed by atoms with E-state index in [4.69, 9.17) is 10.5 Å². The van der Waals surface area contributed by atoms with Gasteiger partial charge in [0.05, 0.1) is 0 Å². The predicted octanol–water partition coefficient (Wildman–Crippen LogP) is 3.21. The van der Waals surface area contributed by atoms with Crippen molar-refractivity contribution in [1.29, 1.82) is 0 Å². The van der Waals surface area contributed by atoms with Crippen LogP contribution in [-0.4, -0.2) is 23.4 Å². The smallest absolute Gasteiger partial charge is 0.302 e. The second-order valence-electron chi connectivity index (χ2n) is 8.47. The number of esters is 1. The molecule has 0 aliphatic heterocycles. The van der Waals surface area contributed by atoms with Crippen molar-refractivity contribution < 1.29 is 14.3 Å². The lowest BCUT2D eigenvalue weighted by atomic mass is 9.55. The zero-order chi connectivity index (χ0) is 17.1. The molecule has 4 heteroatoms. The van der Waals surface area contributed by atoms with Crippen LogP contribution in [0.2, 0.25) is 0 Å². The molecule has 0 aromatic rings. The fraction of sp³-hybridized carbons (Fsp3) is 0.700. The van der Waals surface area contributed by atoms with Crippen LogP contribution in [0.25, 0.3) is 0 Å². The second-order valence-corrected chi connectivity index (χ2v) is 8.47. The van der Waals surface area contributed by atoms with Crippen molar-refractivity contribution in [1.82, 2.24) is 0 Å². The molecule has 0 aromatic carbocycles. The summed E-state index contributed by atoms with van der Waals surface area (Å²) in [6.45, 7) is 3.81. The average molecular weight is 329 g/mol. The molecule has 2 saturated carbocycles. The van der Waals surface area contributed by atoms with Crippen molar-refractivity contribution in [2.45, 2.75) is 76.9 Å². The highest BCUT2D eigenvalue weighted by molar-refractivity contribution is 5.91. The van der Waals surface area contributed by atoms with Gasteiger partial charge in [0.25, 0.3) is 0 Å². The Kier molecular flexibility index (Phi) is 3.54. The van der Waals surface area contributed by atoms with Crippen LogP contribution in [0.15, 0.2) is 22.8 Å². The molecule has 0 heterocycles. The van der Waals surface area contributed by atoms with Crippen LogP contribution >= 0.6 is 0 Å². The van der Waals surface area contributed by atoms with Gasteiger partial charge >= 0.3 is 5.97 Å². The summed E-state index contributed by atoms with van der Waals surface area (Å²) in [5.41, 5.74) is 11.0. The predicted molar refractivity (Wildman–Crippen MR) is 91.1 cm³/mol. The van der Waals surface area contributed by atoms with E-state index in [9.17, 15) is 9.59 Å². The van der Waals surface area contributed by atoms with Crippen molar-refractivity contribution in [2.24, 2.45) is 17.1 Å². The summed E-state index contributed by atoms with van der Waals surface area (Å²) in [7, 11) is 0. The van der Waals surface area contributed by atoms with Gasteiger partial charge in [-0.1, -0.05) is 18.1 Å². The number of nitrogens with two attached hydrogens (primary N) is 1. The minimum atomic E-state index is -0.287. The third-order valence-electron chi connectivity index (χ3n) is 6.95. The van der Waals surface area contributed by atoms with Gasteiger partial charge in [-0.3, -0.25) is 9.59 Å².